The smallest absolute Gasteiger partial charge is 0.419 e. The summed E-state index contributed by atoms with van der Waals surface area (Å²) in [4.78, 5) is 12.0. The lowest BCUT2D eigenvalue weighted by atomic mass is 9.97. The Kier molecular flexibility index (Phi) is 6.59. The molecule has 0 aromatic heterocycles. The van der Waals surface area contributed by atoms with E-state index >= 15 is 0 Å². The summed E-state index contributed by atoms with van der Waals surface area (Å²) in [5.41, 5.74) is -1.85. The van der Waals surface area contributed by atoms with Crippen LogP contribution in [0.3, 0.4) is 0 Å². The van der Waals surface area contributed by atoms with Gasteiger partial charge in [-0.3, -0.25) is 4.55 Å². The second-order valence-electron chi connectivity index (χ2n) is 6.61. The first-order chi connectivity index (χ1) is 13.3. The maximum absolute atomic E-state index is 13.4. The molecular formula is C19H19F3O6S. The summed E-state index contributed by atoms with van der Waals surface area (Å²) in [6, 6.07) is 11.1. The minimum atomic E-state index is -4.73. The molecule has 6 nitrogen and oxygen atoms in total. The van der Waals surface area contributed by atoms with Gasteiger partial charge in [-0.15, -0.1) is 0 Å². The van der Waals surface area contributed by atoms with Crippen LogP contribution in [-0.2, 0) is 26.6 Å². The lowest BCUT2D eigenvalue weighted by Gasteiger charge is -2.29. The van der Waals surface area contributed by atoms with Crippen LogP contribution in [0.5, 0.6) is 5.75 Å². The number of hydrogen-bond donors (Lipinski definition) is 1. The third kappa shape index (κ3) is 6.47. The van der Waals surface area contributed by atoms with E-state index in [-0.39, 0.29) is 5.56 Å². The van der Waals surface area contributed by atoms with Gasteiger partial charge in [0.2, 0.25) is 0 Å². The molecule has 0 saturated carbocycles. The van der Waals surface area contributed by atoms with Crippen molar-refractivity contribution in [3.8, 4) is 5.75 Å². The van der Waals surface area contributed by atoms with Gasteiger partial charge in [0.15, 0.2) is 0 Å². The van der Waals surface area contributed by atoms with Crippen LogP contribution in [0.15, 0.2) is 48.5 Å². The molecule has 2 aromatic rings. The highest BCUT2D eigenvalue weighted by atomic mass is 32.2. The topological polar surface area (TPSA) is 89.9 Å². The van der Waals surface area contributed by atoms with Crippen molar-refractivity contribution in [3.63, 3.8) is 0 Å². The highest BCUT2D eigenvalue weighted by Crippen LogP contribution is 2.39. The molecule has 0 heterocycles. The van der Waals surface area contributed by atoms with Gasteiger partial charge >= 0.3 is 12.1 Å². The van der Waals surface area contributed by atoms with Crippen LogP contribution in [0.1, 0.15) is 35.3 Å². The van der Waals surface area contributed by atoms with E-state index in [1.807, 2.05) is 0 Å². The van der Waals surface area contributed by atoms with Gasteiger partial charge in [0.25, 0.3) is 10.1 Å². The Balaban J connectivity index is 2.33. The fraction of sp³-hybridized carbons (Fsp3) is 0.316. The average Bonchev–Trinajstić information content (AvgIpc) is 2.60. The molecule has 1 N–H and O–H groups in total. The van der Waals surface area contributed by atoms with E-state index in [0.29, 0.717) is 11.6 Å². The molecule has 29 heavy (non-hydrogen) atoms. The fourth-order valence-electron chi connectivity index (χ4n) is 2.46. The molecular weight excluding hydrogens is 413 g/mol. The second kappa shape index (κ2) is 8.42. The molecule has 0 saturated heterocycles. The van der Waals surface area contributed by atoms with Crippen LogP contribution in [-0.4, -0.2) is 31.3 Å². The first-order valence-electron chi connectivity index (χ1n) is 8.38. The summed E-state index contributed by atoms with van der Waals surface area (Å²) in [7, 11) is -4.34. The van der Waals surface area contributed by atoms with Crippen molar-refractivity contribution in [2.24, 2.45) is 0 Å². The van der Waals surface area contributed by atoms with Gasteiger partial charge in [0.05, 0.1) is 11.1 Å². The first-order valence-corrected chi connectivity index (χ1v) is 9.98. The zero-order valence-corrected chi connectivity index (χ0v) is 16.4. The Hall–Kier alpha value is -2.59. The maximum atomic E-state index is 13.4. The average molecular weight is 432 g/mol. The Morgan fingerprint density at radius 1 is 1.07 bits per heavy atom. The minimum Gasteiger partial charge on any atom is -0.483 e. The zero-order valence-electron chi connectivity index (χ0n) is 15.6. The predicted octanol–water partition coefficient (Wildman–Crippen LogP) is 4.06. The SMILES string of the molecule is CC(C)(Oc1cc(C(=O)OCCS(=O)(=O)O)ccc1C(F)(F)F)c1ccccc1. The van der Waals surface area contributed by atoms with Crippen LogP contribution in [0.25, 0.3) is 0 Å². The molecule has 0 unspecified atom stereocenters. The summed E-state index contributed by atoms with van der Waals surface area (Å²) in [6.45, 7) is 2.52. The highest BCUT2D eigenvalue weighted by molar-refractivity contribution is 7.85. The number of ether oxygens (including phenoxy) is 2. The number of carbonyl (C=O) groups excluding carboxylic acids is 1. The quantitative estimate of drug-likeness (QED) is 0.524. The monoisotopic (exact) mass is 432 g/mol. The van der Waals surface area contributed by atoms with Gasteiger partial charge in [-0.05, 0) is 37.6 Å². The largest absolute Gasteiger partial charge is 0.483 e. The highest BCUT2D eigenvalue weighted by Gasteiger charge is 2.37. The van der Waals surface area contributed by atoms with Crippen molar-refractivity contribution in [1.82, 2.24) is 0 Å². The van der Waals surface area contributed by atoms with Gasteiger partial charge in [-0.25, -0.2) is 4.79 Å². The number of benzene rings is 2. The van der Waals surface area contributed by atoms with E-state index in [9.17, 15) is 26.4 Å². The van der Waals surface area contributed by atoms with Crippen LogP contribution < -0.4 is 4.74 Å². The standard InChI is InChI=1S/C19H19F3O6S/c1-18(2,14-6-4-3-5-7-14)28-16-12-13(8-9-15(16)19(20,21)22)17(23)27-10-11-29(24,25)26/h3-9,12H,10-11H2,1-2H3,(H,24,25,26). The third-order valence-electron chi connectivity index (χ3n) is 3.93. The van der Waals surface area contributed by atoms with Crippen molar-refractivity contribution in [2.45, 2.75) is 25.6 Å². The summed E-state index contributed by atoms with van der Waals surface area (Å²) < 4.78 is 80.5. The molecule has 2 rings (SSSR count). The normalized spacial score (nSPS) is 12.5. The van der Waals surface area contributed by atoms with E-state index in [1.165, 1.54) is 0 Å². The molecule has 0 radical (unpaired) electrons. The van der Waals surface area contributed by atoms with E-state index in [1.54, 1.807) is 44.2 Å². The van der Waals surface area contributed by atoms with E-state index in [4.69, 9.17) is 9.29 Å². The number of carbonyl (C=O) groups is 1. The van der Waals surface area contributed by atoms with Gasteiger partial charge in [-0.1, -0.05) is 30.3 Å². The van der Waals surface area contributed by atoms with Gasteiger partial charge < -0.3 is 9.47 Å². The van der Waals surface area contributed by atoms with Crippen LogP contribution in [0, 0.1) is 0 Å². The van der Waals surface area contributed by atoms with Crippen LogP contribution in [0.4, 0.5) is 13.2 Å². The van der Waals surface area contributed by atoms with Crippen molar-refractivity contribution in [1.29, 1.82) is 0 Å². The van der Waals surface area contributed by atoms with Crippen molar-refractivity contribution < 1.29 is 40.4 Å². The van der Waals surface area contributed by atoms with E-state index in [2.05, 4.69) is 4.74 Å². The molecule has 10 heteroatoms. The summed E-state index contributed by atoms with van der Waals surface area (Å²) in [5, 5.41) is 0. The molecule has 0 amide bonds. The number of alkyl halides is 3. The number of hydrogen-bond acceptors (Lipinski definition) is 5. The van der Waals surface area contributed by atoms with Crippen LogP contribution >= 0.6 is 0 Å². The molecule has 0 atom stereocenters. The summed E-state index contributed by atoms with van der Waals surface area (Å²) in [5.74, 6) is -2.45. The van der Waals surface area contributed by atoms with Gasteiger partial charge in [0.1, 0.15) is 23.7 Å². The molecule has 0 bridgehead atoms. The maximum Gasteiger partial charge on any atom is 0.419 e. The molecule has 0 aliphatic rings. The molecule has 0 fully saturated rings. The van der Waals surface area contributed by atoms with E-state index < -0.39 is 51.5 Å². The fourth-order valence-corrected chi connectivity index (χ4v) is 2.76. The van der Waals surface area contributed by atoms with Crippen molar-refractivity contribution in [3.05, 3.63) is 65.2 Å². The number of halogens is 3. The van der Waals surface area contributed by atoms with Gasteiger partial charge in [0, 0.05) is 0 Å². The minimum absolute atomic E-state index is 0.257. The Morgan fingerprint density at radius 3 is 2.24 bits per heavy atom. The lowest BCUT2D eigenvalue weighted by molar-refractivity contribution is -0.139. The molecule has 0 aliphatic carbocycles. The van der Waals surface area contributed by atoms with Crippen molar-refractivity contribution >= 4 is 16.1 Å². The molecule has 0 aliphatic heterocycles. The Morgan fingerprint density at radius 2 is 1.69 bits per heavy atom. The third-order valence-corrected chi connectivity index (χ3v) is 4.61. The number of esters is 1. The number of rotatable bonds is 7. The van der Waals surface area contributed by atoms with Crippen LogP contribution in [0.2, 0.25) is 0 Å². The predicted molar refractivity (Wildman–Crippen MR) is 98.2 cm³/mol. The lowest BCUT2D eigenvalue weighted by Crippen LogP contribution is -2.27. The van der Waals surface area contributed by atoms with Gasteiger partial charge in [-0.2, -0.15) is 21.6 Å². The second-order valence-corrected chi connectivity index (χ2v) is 8.18. The van der Waals surface area contributed by atoms with E-state index in [0.717, 1.165) is 12.1 Å². The Labute approximate surface area is 166 Å². The molecule has 0 spiro atoms. The molecule has 158 valence electrons. The molecule has 2 aromatic carbocycles. The summed E-state index contributed by atoms with van der Waals surface area (Å²) >= 11 is 0. The first kappa shape index (κ1) is 22.7. The Bertz CT molecular complexity index is 969. The summed E-state index contributed by atoms with van der Waals surface area (Å²) in [6.07, 6.45) is -4.73. The zero-order chi connectivity index (χ0) is 21.9. The van der Waals surface area contributed by atoms with Crippen molar-refractivity contribution in [2.75, 3.05) is 12.4 Å².